The van der Waals surface area contributed by atoms with E-state index in [0.717, 1.165) is 22.3 Å². The number of aryl methyl sites for hydroxylation is 1. The molecule has 0 bridgehead atoms. The van der Waals surface area contributed by atoms with Gasteiger partial charge in [0.05, 0.1) is 16.2 Å². The molecule has 1 aromatic heterocycles. The first-order valence-corrected chi connectivity index (χ1v) is 10.3. The molecule has 3 aromatic rings. The van der Waals surface area contributed by atoms with E-state index in [1.54, 1.807) is 13.0 Å². The maximum Gasteiger partial charge on any atom is 0.271 e. The van der Waals surface area contributed by atoms with Crippen LogP contribution in [0.4, 0.5) is 11.4 Å². The number of para-hydroxylation sites is 1. The molecule has 34 heavy (non-hydrogen) atoms. The van der Waals surface area contributed by atoms with Crippen LogP contribution in [0, 0.1) is 24.0 Å². The molecule has 0 spiro atoms. The first-order chi connectivity index (χ1) is 16.3. The lowest BCUT2D eigenvalue weighted by Gasteiger charge is -2.28. The summed E-state index contributed by atoms with van der Waals surface area (Å²) in [5.41, 5.74) is 7.34. The number of nitro groups is 1. The van der Waals surface area contributed by atoms with Crippen LogP contribution in [0.5, 0.6) is 5.75 Å². The highest BCUT2D eigenvalue weighted by atomic mass is 16.6. The second kappa shape index (κ2) is 9.06. The van der Waals surface area contributed by atoms with Gasteiger partial charge in [0.15, 0.2) is 6.61 Å². The van der Waals surface area contributed by atoms with Crippen molar-refractivity contribution in [3.05, 3.63) is 81.7 Å². The SMILES string of the molecule is Cc1cc(C(=O)NNC(=O)CN2C(=O)COc3ccc([N+](=O)[O-])cc32)c(C)n1-c1ccccc1. The van der Waals surface area contributed by atoms with E-state index in [2.05, 4.69) is 10.9 Å². The number of carbonyl (C=O) groups is 3. The normalized spacial score (nSPS) is 12.5. The summed E-state index contributed by atoms with van der Waals surface area (Å²) in [4.78, 5) is 49.1. The van der Waals surface area contributed by atoms with Crippen LogP contribution in [0.2, 0.25) is 0 Å². The van der Waals surface area contributed by atoms with Crippen LogP contribution in [-0.2, 0) is 9.59 Å². The van der Waals surface area contributed by atoms with E-state index < -0.39 is 29.2 Å². The van der Waals surface area contributed by atoms with Crippen molar-refractivity contribution in [2.45, 2.75) is 13.8 Å². The fourth-order valence-electron chi connectivity index (χ4n) is 3.82. The monoisotopic (exact) mass is 463 g/mol. The number of hydrogen-bond donors (Lipinski definition) is 2. The summed E-state index contributed by atoms with van der Waals surface area (Å²) < 4.78 is 7.21. The Morgan fingerprint density at radius 1 is 1.09 bits per heavy atom. The number of nitro benzene ring substituents is 1. The molecule has 11 nitrogen and oxygen atoms in total. The quantitative estimate of drug-likeness (QED) is 0.440. The van der Waals surface area contributed by atoms with Crippen LogP contribution < -0.4 is 20.5 Å². The highest BCUT2D eigenvalue weighted by Gasteiger charge is 2.29. The lowest BCUT2D eigenvalue weighted by atomic mass is 10.2. The fraction of sp³-hybridized carbons (Fsp3) is 0.174. The third-order valence-electron chi connectivity index (χ3n) is 5.40. The van der Waals surface area contributed by atoms with E-state index in [0.29, 0.717) is 11.3 Å². The number of benzene rings is 2. The standard InChI is InChI=1S/C23H21N5O6/c1-14-10-18(15(2)27(14)16-6-4-3-5-7-16)23(31)25-24-21(29)12-26-19-11-17(28(32)33)8-9-20(19)34-13-22(26)30/h3-11H,12-13H2,1-2H3,(H,24,29)(H,25,31). The van der Waals surface area contributed by atoms with Gasteiger partial charge in [-0.05, 0) is 38.1 Å². The Morgan fingerprint density at radius 2 is 1.82 bits per heavy atom. The Kier molecular flexibility index (Phi) is 6.00. The molecule has 0 unspecified atom stereocenters. The lowest BCUT2D eigenvalue weighted by Crippen LogP contribution is -2.49. The molecule has 4 rings (SSSR count). The van der Waals surface area contributed by atoms with Crippen LogP contribution in [-0.4, -0.2) is 40.4 Å². The van der Waals surface area contributed by atoms with Crippen molar-refractivity contribution in [3.63, 3.8) is 0 Å². The molecule has 174 valence electrons. The van der Waals surface area contributed by atoms with Gasteiger partial charge in [-0.25, -0.2) is 0 Å². The third kappa shape index (κ3) is 4.31. The molecule has 0 saturated carbocycles. The summed E-state index contributed by atoms with van der Waals surface area (Å²) in [6, 6.07) is 15.0. The average Bonchev–Trinajstić information content (AvgIpc) is 3.13. The van der Waals surface area contributed by atoms with E-state index in [4.69, 9.17) is 4.74 Å². The van der Waals surface area contributed by atoms with Gasteiger partial charge in [-0.1, -0.05) is 18.2 Å². The Hall–Kier alpha value is -4.67. The summed E-state index contributed by atoms with van der Waals surface area (Å²) in [6.45, 7) is 2.90. The highest BCUT2D eigenvalue weighted by molar-refractivity contribution is 6.03. The van der Waals surface area contributed by atoms with Crippen LogP contribution in [0.1, 0.15) is 21.7 Å². The van der Waals surface area contributed by atoms with Crippen molar-refractivity contribution >= 4 is 29.1 Å². The number of anilines is 1. The van der Waals surface area contributed by atoms with Gasteiger partial charge in [-0.2, -0.15) is 0 Å². The Bertz CT molecular complexity index is 1300. The third-order valence-corrected chi connectivity index (χ3v) is 5.40. The maximum atomic E-state index is 12.7. The number of hydrogen-bond acceptors (Lipinski definition) is 6. The molecule has 0 atom stereocenters. The molecule has 0 fully saturated rings. The molecule has 0 aliphatic carbocycles. The van der Waals surface area contributed by atoms with Gasteiger partial charge < -0.3 is 9.30 Å². The number of amides is 3. The van der Waals surface area contributed by atoms with Crippen LogP contribution in [0.3, 0.4) is 0 Å². The minimum atomic E-state index is -0.682. The van der Waals surface area contributed by atoms with E-state index in [1.807, 2.05) is 41.8 Å². The Balaban J connectivity index is 1.45. The van der Waals surface area contributed by atoms with Crippen molar-refractivity contribution in [1.29, 1.82) is 0 Å². The molecule has 2 aromatic carbocycles. The number of aromatic nitrogens is 1. The minimum Gasteiger partial charge on any atom is -0.482 e. The molecule has 1 aliphatic rings. The van der Waals surface area contributed by atoms with Crippen LogP contribution >= 0.6 is 0 Å². The molecular weight excluding hydrogens is 442 g/mol. The minimum absolute atomic E-state index is 0.110. The van der Waals surface area contributed by atoms with Crippen molar-refractivity contribution in [1.82, 2.24) is 15.4 Å². The van der Waals surface area contributed by atoms with Gasteiger partial charge in [0, 0.05) is 29.2 Å². The first kappa shape index (κ1) is 22.5. The summed E-state index contributed by atoms with van der Waals surface area (Å²) in [7, 11) is 0. The smallest absolute Gasteiger partial charge is 0.271 e. The average molecular weight is 463 g/mol. The van der Waals surface area contributed by atoms with E-state index in [-0.39, 0.29) is 23.7 Å². The highest BCUT2D eigenvalue weighted by Crippen LogP contribution is 2.35. The van der Waals surface area contributed by atoms with E-state index >= 15 is 0 Å². The summed E-state index contributed by atoms with van der Waals surface area (Å²) >= 11 is 0. The fourth-order valence-corrected chi connectivity index (χ4v) is 3.82. The number of hydrazine groups is 1. The number of nitrogens with one attached hydrogen (secondary N) is 2. The number of nitrogens with zero attached hydrogens (tertiary/aromatic N) is 3. The Labute approximate surface area is 194 Å². The van der Waals surface area contributed by atoms with Crippen molar-refractivity contribution in [3.8, 4) is 11.4 Å². The predicted octanol–water partition coefficient (Wildman–Crippen LogP) is 2.19. The largest absolute Gasteiger partial charge is 0.482 e. The van der Waals surface area contributed by atoms with Crippen molar-refractivity contribution in [2.24, 2.45) is 0 Å². The van der Waals surface area contributed by atoms with Crippen molar-refractivity contribution < 1.29 is 24.0 Å². The van der Waals surface area contributed by atoms with E-state index in [1.165, 1.54) is 12.1 Å². The number of ether oxygens (including phenoxy) is 1. The van der Waals surface area contributed by atoms with Gasteiger partial charge >= 0.3 is 0 Å². The molecule has 11 heteroatoms. The molecule has 0 saturated heterocycles. The second-order valence-corrected chi connectivity index (χ2v) is 7.64. The first-order valence-electron chi connectivity index (χ1n) is 10.3. The van der Waals surface area contributed by atoms with Gasteiger partial charge in [0.25, 0.3) is 23.4 Å². The zero-order valence-corrected chi connectivity index (χ0v) is 18.4. The number of rotatable bonds is 5. The molecule has 2 heterocycles. The number of carbonyl (C=O) groups excluding carboxylic acids is 3. The van der Waals surface area contributed by atoms with Crippen molar-refractivity contribution in [2.75, 3.05) is 18.1 Å². The second-order valence-electron chi connectivity index (χ2n) is 7.64. The molecule has 0 radical (unpaired) electrons. The molecule has 1 aliphatic heterocycles. The zero-order valence-electron chi connectivity index (χ0n) is 18.4. The topological polar surface area (TPSA) is 136 Å². The lowest BCUT2D eigenvalue weighted by molar-refractivity contribution is -0.384. The van der Waals surface area contributed by atoms with Gasteiger partial charge in [0.1, 0.15) is 12.3 Å². The zero-order chi connectivity index (χ0) is 24.4. The van der Waals surface area contributed by atoms with Crippen LogP contribution in [0.15, 0.2) is 54.6 Å². The van der Waals surface area contributed by atoms with Gasteiger partial charge in [-0.3, -0.25) is 40.2 Å². The predicted molar refractivity (Wildman–Crippen MR) is 122 cm³/mol. The summed E-state index contributed by atoms with van der Waals surface area (Å²) in [6.07, 6.45) is 0. The molecule has 2 N–H and O–H groups in total. The van der Waals surface area contributed by atoms with Gasteiger partial charge in [-0.15, -0.1) is 0 Å². The number of non-ortho nitro benzene ring substituents is 1. The number of fused-ring (bicyclic) bond motifs is 1. The molecular formula is C23H21N5O6. The van der Waals surface area contributed by atoms with Gasteiger partial charge in [0.2, 0.25) is 0 Å². The Morgan fingerprint density at radius 3 is 2.53 bits per heavy atom. The molecule has 3 amide bonds. The van der Waals surface area contributed by atoms with E-state index in [9.17, 15) is 24.5 Å². The van der Waals surface area contributed by atoms with Crippen LogP contribution in [0.25, 0.3) is 5.69 Å². The maximum absolute atomic E-state index is 12.7. The summed E-state index contributed by atoms with van der Waals surface area (Å²) in [5.74, 6) is -1.50. The summed E-state index contributed by atoms with van der Waals surface area (Å²) in [5, 5.41) is 11.1.